The number of rotatable bonds is 2. The summed E-state index contributed by atoms with van der Waals surface area (Å²) in [6.07, 6.45) is 0. The van der Waals surface area contributed by atoms with E-state index in [1.165, 1.54) is 0 Å². The van der Waals surface area contributed by atoms with E-state index in [4.69, 9.17) is 35.2 Å². The van der Waals surface area contributed by atoms with Gasteiger partial charge in [-0.2, -0.15) is 0 Å². The van der Waals surface area contributed by atoms with Gasteiger partial charge in [0.25, 0.3) is 0 Å². The fourth-order valence-corrected chi connectivity index (χ4v) is 0.0907. The van der Waals surface area contributed by atoms with Crippen molar-refractivity contribution in [2.75, 3.05) is 0 Å². The van der Waals surface area contributed by atoms with Crippen LogP contribution in [0.5, 0.6) is 0 Å². The van der Waals surface area contributed by atoms with E-state index >= 15 is 0 Å². The maximum Gasteiger partial charge on any atom is 2.00 e. The zero-order valence-corrected chi connectivity index (χ0v) is 15.1. The fourth-order valence-electron chi connectivity index (χ4n) is 0.0907. The zero-order chi connectivity index (χ0) is 9.44. The Bertz CT molecular complexity index is 79.5. The molecule has 0 bridgehead atoms. The van der Waals surface area contributed by atoms with Crippen molar-refractivity contribution in [3.05, 3.63) is 0 Å². The first-order valence-corrected chi connectivity index (χ1v) is 2.12. The van der Waals surface area contributed by atoms with E-state index in [-0.39, 0.29) is 120 Å². The Morgan fingerprint density at radius 3 is 0.800 bits per heavy atom. The van der Waals surface area contributed by atoms with Crippen LogP contribution in [0.15, 0.2) is 0 Å². The summed E-state index contributed by atoms with van der Waals surface area (Å²) in [5, 5.41) is 61.9. The summed E-state index contributed by atoms with van der Waals surface area (Å²) in [5.41, 5.74) is 0. The summed E-state index contributed by atoms with van der Waals surface area (Å²) in [6, 6.07) is 0. The van der Waals surface area contributed by atoms with Crippen molar-refractivity contribution in [1.82, 2.24) is 0 Å². The van der Waals surface area contributed by atoms with Gasteiger partial charge in [0, 0.05) is 14.6 Å². The summed E-state index contributed by atoms with van der Waals surface area (Å²) in [5.74, 6) is 0. The molecule has 0 radical (unpaired) electrons. The van der Waals surface area contributed by atoms with Crippen molar-refractivity contribution < 1.29 is 58.6 Å². The first-order chi connectivity index (χ1) is 4.86. The van der Waals surface area contributed by atoms with Crippen LogP contribution in [0, 0.1) is 0 Å². The molecule has 0 N–H and O–H groups in total. The van der Waals surface area contributed by atoms with Gasteiger partial charge < -0.3 is 39.7 Å². The van der Waals surface area contributed by atoms with Gasteiger partial charge in [-0.1, -0.05) is 0 Å². The molecule has 0 aliphatic heterocycles. The second-order valence-electron chi connectivity index (χ2n) is 1.00. The van der Waals surface area contributed by atoms with Gasteiger partial charge in [0.15, 0.2) is 0 Å². The van der Waals surface area contributed by atoms with Crippen LogP contribution < -0.4 is 54.0 Å². The predicted molar refractivity (Wildman–Crippen MR) is 35.6 cm³/mol. The summed E-state index contributed by atoms with van der Waals surface area (Å²) in [6.45, 7) is 0. The van der Waals surface area contributed by atoms with Gasteiger partial charge in [-0.05, 0) is 0 Å². The SMILES string of the molecule is [Be+2].[Li+].[O-]B([O-])OB([O-])[O-].[O-]B([O-])[O-].[Sr+2].[Sr+2]. The molecule has 0 atom stereocenters. The Balaban J connectivity index is -0.0000000230. The summed E-state index contributed by atoms with van der Waals surface area (Å²) < 4.78 is 3.03. The Kier molecular flexibility index (Phi) is 63.4. The second kappa shape index (κ2) is 26.2. The third-order valence-corrected chi connectivity index (χ3v) is 0.222. The summed E-state index contributed by atoms with van der Waals surface area (Å²) in [7, 11) is -8.42. The van der Waals surface area contributed by atoms with Crippen molar-refractivity contribution in [3.63, 3.8) is 0 Å². The molecule has 0 saturated heterocycles. The molecule has 0 aliphatic carbocycles. The minimum absolute atomic E-state index is 0. The van der Waals surface area contributed by atoms with E-state index in [1.54, 1.807) is 0 Å². The maximum atomic E-state index is 9.16. The summed E-state index contributed by atoms with van der Waals surface area (Å²) in [4.78, 5) is 0. The molecule has 0 rings (SSSR count). The van der Waals surface area contributed by atoms with Crippen molar-refractivity contribution in [3.8, 4) is 0 Å². The second-order valence-corrected chi connectivity index (χ2v) is 1.00. The maximum absolute atomic E-state index is 9.16. The number of hydrogen-bond donors (Lipinski definition) is 0. The van der Waals surface area contributed by atoms with E-state index in [0.717, 1.165) is 0 Å². The average molecular weight is 352 g/mol. The molecule has 0 amide bonds. The Morgan fingerprint density at radius 2 is 0.800 bits per heavy atom. The van der Waals surface area contributed by atoms with Crippen LogP contribution in [0.1, 0.15) is 0 Å². The van der Waals surface area contributed by atoms with E-state index < -0.39 is 22.0 Å². The van der Waals surface area contributed by atoms with Gasteiger partial charge in [0.2, 0.25) is 0 Å². The molecule has 0 aliphatic rings. The van der Waals surface area contributed by atoms with Crippen LogP contribution in [0.4, 0.5) is 0 Å². The number of hydrogen-bond acceptors (Lipinski definition) is 8. The van der Waals surface area contributed by atoms with E-state index in [2.05, 4.69) is 4.57 Å². The van der Waals surface area contributed by atoms with Crippen LogP contribution in [0.3, 0.4) is 0 Å². The van der Waals surface area contributed by atoms with Crippen molar-refractivity contribution in [1.29, 1.82) is 0 Å². The molecular formula is B3BeLiO8Sr2. The van der Waals surface area contributed by atoms with Crippen molar-refractivity contribution >= 4 is 123 Å². The molecule has 64 valence electrons. The Hall–Kier alpha value is 3.60. The molecule has 8 nitrogen and oxygen atoms in total. The molecule has 0 saturated carbocycles. The molecular weight excluding hydrogens is 352 g/mol. The van der Waals surface area contributed by atoms with Gasteiger partial charge in [-0.3, -0.25) is 7.32 Å². The minimum atomic E-state index is -2.92. The van der Waals surface area contributed by atoms with E-state index in [1.807, 2.05) is 0 Å². The minimum Gasteiger partial charge on any atom is -0.907 e. The van der Waals surface area contributed by atoms with Gasteiger partial charge in [0.1, 0.15) is 0 Å². The molecule has 0 heterocycles. The van der Waals surface area contributed by atoms with Crippen LogP contribution in [0.25, 0.3) is 0 Å². The molecule has 0 aromatic carbocycles. The normalized spacial score (nSPS) is 5.80. The topological polar surface area (TPSA) is 171 Å². The molecule has 15 heavy (non-hydrogen) atoms. The summed E-state index contributed by atoms with van der Waals surface area (Å²) >= 11 is 0. The largest absolute Gasteiger partial charge is 2.00 e. The zero-order valence-electron chi connectivity index (χ0n) is 8.12. The first kappa shape index (κ1) is 36.3. The predicted octanol–water partition coefficient (Wildman–Crippen LogP) is -13.7. The molecule has 0 fully saturated rings. The van der Waals surface area contributed by atoms with Gasteiger partial charge in [0.05, 0.1) is 0 Å². The Labute approximate surface area is 178 Å². The third-order valence-electron chi connectivity index (χ3n) is 0.222. The molecule has 15 heteroatoms. The smallest absolute Gasteiger partial charge is 0.907 e. The standard InChI is InChI=1S/B2O5.BO3.Be.Li.2Sr/c3-1(4)7-2(5)6;2-1(3)4;;;;/q-4;-3;+2;+1;2*+2. The molecule has 0 aromatic heterocycles. The quantitative estimate of drug-likeness (QED) is 0.441. The average Bonchev–Trinajstić information content (AvgIpc) is 1.56. The van der Waals surface area contributed by atoms with E-state index in [9.17, 15) is 0 Å². The van der Waals surface area contributed by atoms with Crippen LogP contribution in [-0.2, 0) is 4.57 Å². The Morgan fingerprint density at radius 1 is 0.667 bits per heavy atom. The van der Waals surface area contributed by atoms with Crippen molar-refractivity contribution in [2.45, 2.75) is 0 Å². The van der Waals surface area contributed by atoms with Crippen LogP contribution >= 0.6 is 0 Å². The van der Waals surface area contributed by atoms with Gasteiger partial charge in [-0.25, -0.2) is 0 Å². The molecule has 0 unspecified atom stereocenters. The van der Waals surface area contributed by atoms with E-state index in [0.29, 0.717) is 0 Å². The monoisotopic (exact) mass is 353 g/mol. The van der Waals surface area contributed by atoms with Gasteiger partial charge >= 0.3 is 120 Å². The van der Waals surface area contributed by atoms with Crippen LogP contribution in [0.2, 0.25) is 0 Å². The fraction of sp³-hybridized carbons (Fsp3) is 0. The molecule has 0 aromatic rings. The van der Waals surface area contributed by atoms with Crippen LogP contribution in [-0.4, -0.2) is 123 Å². The molecule has 0 spiro atoms. The van der Waals surface area contributed by atoms with Gasteiger partial charge in [-0.15, -0.1) is 0 Å². The first-order valence-electron chi connectivity index (χ1n) is 2.12. The third kappa shape index (κ3) is 74.1. The van der Waals surface area contributed by atoms with Crippen molar-refractivity contribution in [2.24, 2.45) is 0 Å².